The van der Waals surface area contributed by atoms with E-state index in [9.17, 15) is 4.79 Å². The van der Waals surface area contributed by atoms with Crippen molar-refractivity contribution in [2.45, 2.75) is 31.8 Å². The van der Waals surface area contributed by atoms with Gasteiger partial charge in [-0.25, -0.2) is 9.78 Å². The average molecular weight is 209 g/mol. The number of methoxy groups -OCH3 is 1. The van der Waals surface area contributed by atoms with Crippen molar-refractivity contribution in [1.29, 1.82) is 0 Å². The molecule has 0 bridgehead atoms. The molecular formula is C10H15N3O2. The lowest BCUT2D eigenvalue weighted by Gasteiger charge is -2.34. The van der Waals surface area contributed by atoms with Gasteiger partial charge in [-0.2, -0.15) is 0 Å². The van der Waals surface area contributed by atoms with Crippen molar-refractivity contribution in [3.8, 4) is 0 Å². The molecule has 1 aromatic heterocycles. The van der Waals surface area contributed by atoms with E-state index in [-0.39, 0.29) is 12.0 Å². The van der Waals surface area contributed by atoms with E-state index in [0.717, 1.165) is 17.8 Å². The second-order valence-corrected chi connectivity index (χ2v) is 4.10. The molecule has 0 saturated carbocycles. The Kier molecular flexibility index (Phi) is 2.26. The van der Waals surface area contributed by atoms with Crippen LogP contribution in [-0.4, -0.2) is 29.1 Å². The number of H-pyrrole nitrogens is 1. The van der Waals surface area contributed by atoms with Gasteiger partial charge in [0.1, 0.15) is 0 Å². The van der Waals surface area contributed by atoms with Crippen LogP contribution in [-0.2, 0) is 21.5 Å². The quantitative estimate of drug-likeness (QED) is 0.654. The Morgan fingerprint density at radius 1 is 1.73 bits per heavy atom. The topological polar surface area (TPSA) is 67.0 Å². The second kappa shape index (κ2) is 3.34. The zero-order valence-electron chi connectivity index (χ0n) is 9.13. The number of esters is 1. The molecular weight excluding hydrogens is 194 g/mol. The van der Waals surface area contributed by atoms with Crippen molar-refractivity contribution in [3.63, 3.8) is 0 Å². The van der Waals surface area contributed by atoms with Crippen LogP contribution in [0.15, 0.2) is 6.33 Å². The van der Waals surface area contributed by atoms with Crippen LogP contribution in [0.25, 0.3) is 0 Å². The summed E-state index contributed by atoms with van der Waals surface area (Å²) in [5.74, 6) is -0.303. The van der Waals surface area contributed by atoms with E-state index in [1.54, 1.807) is 13.3 Å². The van der Waals surface area contributed by atoms with E-state index in [2.05, 4.69) is 15.3 Å². The fourth-order valence-corrected chi connectivity index (χ4v) is 2.19. The molecule has 0 saturated heterocycles. The minimum Gasteiger partial charge on any atom is -0.467 e. The molecule has 2 atom stereocenters. The summed E-state index contributed by atoms with van der Waals surface area (Å²) in [6.45, 7) is 3.83. The van der Waals surface area contributed by atoms with Gasteiger partial charge in [0.15, 0.2) is 5.54 Å². The van der Waals surface area contributed by atoms with E-state index in [1.807, 2.05) is 6.92 Å². The summed E-state index contributed by atoms with van der Waals surface area (Å²) in [6, 6.07) is 0.224. The monoisotopic (exact) mass is 209 g/mol. The maximum absolute atomic E-state index is 11.8. The highest BCUT2D eigenvalue weighted by Gasteiger charge is 2.44. The highest BCUT2D eigenvalue weighted by molar-refractivity contribution is 5.82. The molecule has 2 N–H and O–H groups in total. The molecule has 15 heavy (non-hydrogen) atoms. The Balaban J connectivity index is 2.47. The Hall–Kier alpha value is -1.36. The fraction of sp³-hybridized carbons (Fsp3) is 0.600. The molecule has 2 heterocycles. The van der Waals surface area contributed by atoms with Gasteiger partial charge in [0, 0.05) is 18.2 Å². The van der Waals surface area contributed by atoms with Gasteiger partial charge in [-0.3, -0.25) is 5.32 Å². The molecule has 0 fully saturated rings. The maximum atomic E-state index is 11.8. The number of carbonyl (C=O) groups excluding carboxylic acids is 1. The van der Waals surface area contributed by atoms with Crippen molar-refractivity contribution in [3.05, 3.63) is 17.7 Å². The van der Waals surface area contributed by atoms with Crippen molar-refractivity contribution in [2.24, 2.45) is 0 Å². The molecule has 1 aliphatic heterocycles. The first-order valence-electron chi connectivity index (χ1n) is 4.96. The molecule has 0 amide bonds. The van der Waals surface area contributed by atoms with E-state index in [0.29, 0.717) is 0 Å². The molecule has 5 heteroatoms. The number of imidazole rings is 1. The third kappa shape index (κ3) is 1.43. The van der Waals surface area contributed by atoms with Gasteiger partial charge in [-0.1, -0.05) is 0 Å². The molecule has 0 spiro atoms. The number of nitrogens with one attached hydrogen (secondary N) is 2. The largest absolute Gasteiger partial charge is 0.467 e. The summed E-state index contributed by atoms with van der Waals surface area (Å²) in [5, 5.41) is 3.23. The Labute approximate surface area is 88.2 Å². The smallest absolute Gasteiger partial charge is 0.332 e. The average Bonchev–Trinajstić information content (AvgIpc) is 2.64. The number of hydrogen-bond acceptors (Lipinski definition) is 4. The van der Waals surface area contributed by atoms with Crippen LogP contribution in [0.3, 0.4) is 0 Å². The zero-order valence-corrected chi connectivity index (χ0v) is 9.13. The van der Waals surface area contributed by atoms with Gasteiger partial charge in [-0.15, -0.1) is 0 Å². The molecule has 1 aromatic rings. The number of fused-ring (bicyclic) bond motifs is 1. The normalized spacial score (nSPS) is 29.7. The molecule has 5 nitrogen and oxygen atoms in total. The number of hydrogen-bond donors (Lipinski definition) is 2. The number of aromatic amines is 1. The van der Waals surface area contributed by atoms with E-state index in [4.69, 9.17) is 4.74 Å². The van der Waals surface area contributed by atoms with Crippen molar-refractivity contribution in [1.82, 2.24) is 15.3 Å². The minimum absolute atomic E-state index is 0.224. The lowest BCUT2D eigenvalue weighted by atomic mass is 9.88. The third-order valence-corrected chi connectivity index (χ3v) is 2.83. The predicted molar refractivity (Wildman–Crippen MR) is 54.3 cm³/mol. The lowest BCUT2D eigenvalue weighted by Crippen LogP contribution is -2.55. The van der Waals surface area contributed by atoms with Crippen molar-refractivity contribution < 1.29 is 9.53 Å². The molecule has 1 aliphatic rings. The first-order chi connectivity index (χ1) is 7.08. The molecule has 0 radical (unpaired) electrons. The fourth-order valence-electron chi connectivity index (χ4n) is 2.19. The highest BCUT2D eigenvalue weighted by Crippen LogP contribution is 2.28. The minimum atomic E-state index is -0.832. The molecule has 82 valence electrons. The Bertz CT molecular complexity index is 388. The number of carbonyl (C=O) groups is 1. The Morgan fingerprint density at radius 3 is 3.13 bits per heavy atom. The molecule has 0 aliphatic carbocycles. The lowest BCUT2D eigenvalue weighted by molar-refractivity contribution is -0.149. The predicted octanol–water partition coefficient (Wildman–Crippen LogP) is 0.332. The second-order valence-electron chi connectivity index (χ2n) is 4.10. The molecule has 0 aromatic carbocycles. The first kappa shape index (κ1) is 10.2. The number of ether oxygens (including phenoxy) is 1. The van der Waals surface area contributed by atoms with Crippen LogP contribution in [0, 0.1) is 0 Å². The van der Waals surface area contributed by atoms with Crippen LogP contribution in [0.5, 0.6) is 0 Å². The maximum Gasteiger partial charge on any atom is 0.332 e. The van der Waals surface area contributed by atoms with Gasteiger partial charge in [0.05, 0.1) is 19.1 Å². The summed E-state index contributed by atoms with van der Waals surface area (Å²) in [7, 11) is 1.39. The van der Waals surface area contributed by atoms with Crippen molar-refractivity contribution in [2.75, 3.05) is 7.11 Å². The van der Waals surface area contributed by atoms with Gasteiger partial charge in [-0.05, 0) is 13.8 Å². The van der Waals surface area contributed by atoms with E-state index >= 15 is 0 Å². The molecule has 2 rings (SSSR count). The van der Waals surface area contributed by atoms with E-state index < -0.39 is 5.54 Å². The highest BCUT2D eigenvalue weighted by atomic mass is 16.5. The van der Waals surface area contributed by atoms with E-state index in [1.165, 1.54) is 7.11 Å². The van der Waals surface area contributed by atoms with Crippen molar-refractivity contribution >= 4 is 5.97 Å². The number of aromatic nitrogens is 2. The first-order valence-corrected chi connectivity index (χ1v) is 4.96. The number of nitrogens with zero attached hydrogens (tertiary/aromatic N) is 1. The Morgan fingerprint density at radius 2 is 2.47 bits per heavy atom. The van der Waals surface area contributed by atoms with Crippen LogP contribution in [0.4, 0.5) is 0 Å². The number of rotatable bonds is 1. The van der Waals surface area contributed by atoms with Crippen LogP contribution in [0.1, 0.15) is 25.2 Å². The third-order valence-electron chi connectivity index (χ3n) is 2.83. The SMILES string of the molecule is COC(=O)[C@@]1(C)N[C@@H](C)Cc2[nH]cnc21. The summed E-state index contributed by atoms with van der Waals surface area (Å²) >= 11 is 0. The van der Waals surface area contributed by atoms with Gasteiger partial charge in [0.25, 0.3) is 0 Å². The standard InChI is InChI=1S/C10H15N3O2/c1-6-4-7-8(12-5-11-7)10(2,13-6)9(14)15-3/h5-6,13H,4H2,1-3H3,(H,11,12)/t6-,10-/m0/s1. The van der Waals surface area contributed by atoms with Crippen LogP contribution < -0.4 is 5.32 Å². The zero-order chi connectivity index (χ0) is 11.1. The van der Waals surface area contributed by atoms with Gasteiger partial charge in [0.2, 0.25) is 0 Å². The summed E-state index contributed by atoms with van der Waals surface area (Å²) in [6.07, 6.45) is 2.47. The van der Waals surface area contributed by atoms with Crippen LogP contribution >= 0.6 is 0 Å². The van der Waals surface area contributed by atoms with Gasteiger partial charge < -0.3 is 9.72 Å². The summed E-state index contributed by atoms with van der Waals surface area (Å²) in [4.78, 5) is 19.0. The van der Waals surface area contributed by atoms with Gasteiger partial charge >= 0.3 is 5.97 Å². The summed E-state index contributed by atoms with van der Waals surface area (Å²) in [5.41, 5.74) is 0.920. The summed E-state index contributed by atoms with van der Waals surface area (Å²) < 4.78 is 4.81. The van der Waals surface area contributed by atoms with Crippen LogP contribution in [0.2, 0.25) is 0 Å². The molecule has 0 unspecified atom stereocenters.